The lowest BCUT2D eigenvalue weighted by atomic mass is 9.92. The normalized spacial score (nSPS) is 20.9. The summed E-state index contributed by atoms with van der Waals surface area (Å²) in [6, 6.07) is 13.4. The molecule has 2 unspecified atom stereocenters. The van der Waals surface area contributed by atoms with E-state index in [1.54, 1.807) is 72.8 Å². The third kappa shape index (κ3) is 7.49. The van der Waals surface area contributed by atoms with Crippen molar-refractivity contribution in [2.24, 2.45) is 5.41 Å². The predicted molar refractivity (Wildman–Crippen MR) is 174 cm³/mol. The number of rotatable bonds is 8. The average Bonchev–Trinajstić information content (AvgIpc) is 2.96. The van der Waals surface area contributed by atoms with Gasteiger partial charge in [0.05, 0.1) is 12.0 Å². The van der Waals surface area contributed by atoms with E-state index in [0.717, 1.165) is 0 Å². The second-order valence-electron chi connectivity index (χ2n) is 11.7. The SMILES string of the molecule is CC(C)(C)CC(=O)Oc1c(OC2(Cl)C=CC=CC2)c(OC2(Cl)C=CC=CC2)c(OC(=O)c2ccccc2)c2ccc(Cl)cc12. The summed E-state index contributed by atoms with van der Waals surface area (Å²) in [5, 5.41) is -1.72. The van der Waals surface area contributed by atoms with Crippen LogP contribution in [0.3, 0.4) is 0 Å². The first-order valence-electron chi connectivity index (χ1n) is 14.1. The number of carbonyl (C=O) groups excluding carboxylic acids is 2. The molecular weight excluding hydrogens is 623 g/mol. The van der Waals surface area contributed by atoms with Crippen molar-refractivity contribution in [3.8, 4) is 23.0 Å². The summed E-state index contributed by atoms with van der Waals surface area (Å²) in [6.07, 6.45) is 14.8. The lowest BCUT2D eigenvalue weighted by Crippen LogP contribution is -2.31. The molecular formula is C35H31Cl3O6. The highest BCUT2D eigenvalue weighted by atomic mass is 35.5. The molecule has 2 aliphatic rings. The van der Waals surface area contributed by atoms with E-state index < -0.39 is 22.1 Å². The molecule has 0 radical (unpaired) electrons. The van der Waals surface area contributed by atoms with Crippen molar-refractivity contribution in [1.29, 1.82) is 0 Å². The molecule has 0 aromatic heterocycles. The number of hydrogen-bond acceptors (Lipinski definition) is 6. The zero-order valence-electron chi connectivity index (χ0n) is 24.4. The quantitative estimate of drug-likeness (QED) is 0.137. The second-order valence-corrected chi connectivity index (χ2v) is 13.4. The molecule has 44 heavy (non-hydrogen) atoms. The van der Waals surface area contributed by atoms with Crippen LogP contribution in [0.2, 0.25) is 5.02 Å². The molecule has 0 heterocycles. The second kappa shape index (κ2) is 12.7. The molecule has 9 heteroatoms. The number of allylic oxidation sites excluding steroid dienone is 4. The van der Waals surface area contributed by atoms with Gasteiger partial charge < -0.3 is 18.9 Å². The van der Waals surface area contributed by atoms with E-state index in [1.165, 1.54) is 0 Å². The van der Waals surface area contributed by atoms with Crippen molar-refractivity contribution in [1.82, 2.24) is 0 Å². The first-order chi connectivity index (χ1) is 20.8. The maximum atomic E-state index is 13.5. The molecule has 228 valence electrons. The lowest BCUT2D eigenvalue weighted by Gasteiger charge is -2.32. The van der Waals surface area contributed by atoms with Gasteiger partial charge in [-0.05, 0) is 47.9 Å². The van der Waals surface area contributed by atoms with Crippen LogP contribution in [0.1, 0.15) is 50.4 Å². The Balaban J connectivity index is 1.79. The van der Waals surface area contributed by atoms with Crippen molar-refractivity contribution >= 4 is 57.5 Å². The Bertz CT molecular complexity index is 1700. The summed E-state index contributed by atoms with van der Waals surface area (Å²) in [5.74, 6) is -1.32. The van der Waals surface area contributed by atoms with E-state index in [0.29, 0.717) is 21.4 Å². The van der Waals surface area contributed by atoms with Crippen molar-refractivity contribution in [2.75, 3.05) is 0 Å². The summed E-state index contributed by atoms with van der Waals surface area (Å²) < 4.78 is 25.1. The fourth-order valence-electron chi connectivity index (χ4n) is 4.69. The average molecular weight is 654 g/mol. The number of fused-ring (bicyclic) bond motifs is 1. The Morgan fingerprint density at radius 1 is 0.750 bits per heavy atom. The molecule has 0 saturated carbocycles. The van der Waals surface area contributed by atoms with Crippen LogP contribution in [-0.4, -0.2) is 22.1 Å². The Morgan fingerprint density at radius 3 is 1.84 bits per heavy atom. The molecule has 0 bridgehead atoms. The fourth-order valence-corrected chi connectivity index (χ4v) is 5.34. The Morgan fingerprint density at radius 2 is 1.32 bits per heavy atom. The predicted octanol–water partition coefficient (Wildman–Crippen LogP) is 9.71. The first-order valence-corrected chi connectivity index (χ1v) is 15.2. The summed E-state index contributed by atoms with van der Waals surface area (Å²) in [6.45, 7) is 5.78. The van der Waals surface area contributed by atoms with Crippen LogP contribution < -0.4 is 18.9 Å². The van der Waals surface area contributed by atoms with E-state index >= 15 is 0 Å². The molecule has 0 saturated heterocycles. The maximum Gasteiger partial charge on any atom is 0.343 e. The minimum Gasteiger partial charge on any atom is -0.460 e. The maximum absolute atomic E-state index is 13.5. The third-order valence-electron chi connectivity index (χ3n) is 6.70. The molecule has 3 aromatic rings. The van der Waals surface area contributed by atoms with Gasteiger partial charge in [-0.1, -0.05) is 110 Å². The van der Waals surface area contributed by atoms with Gasteiger partial charge in [0.1, 0.15) is 0 Å². The van der Waals surface area contributed by atoms with Gasteiger partial charge in [-0.25, -0.2) is 4.79 Å². The van der Waals surface area contributed by atoms with E-state index in [-0.39, 0.29) is 47.7 Å². The zero-order valence-corrected chi connectivity index (χ0v) is 26.7. The van der Waals surface area contributed by atoms with E-state index in [1.807, 2.05) is 45.1 Å². The van der Waals surface area contributed by atoms with Crippen LogP contribution in [0.25, 0.3) is 10.8 Å². The van der Waals surface area contributed by atoms with Crippen LogP contribution in [0.15, 0.2) is 97.1 Å². The van der Waals surface area contributed by atoms with Gasteiger partial charge in [-0.15, -0.1) is 0 Å². The van der Waals surface area contributed by atoms with Gasteiger partial charge in [-0.2, -0.15) is 0 Å². The van der Waals surface area contributed by atoms with Crippen molar-refractivity contribution in [3.63, 3.8) is 0 Å². The highest BCUT2D eigenvalue weighted by molar-refractivity contribution is 6.31. The first kappa shape index (κ1) is 31.7. The van der Waals surface area contributed by atoms with Crippen molar-refractivity contribution < 1.29 is 28.5 Å². The number of halogens is 3. The fraction of sp³-hybridized carbons (Fsp3) is 0.257. The summed E-state index contributed by atoms with van der Waals surface area (Å²) in [7, 11) is 0. The smallest absolute Gasteiger partial charge is 0.343 e. The summed E-state index contributed by atoms with van der Waals surface area (Å²) in [4.78, 5) is 26.8. The van der Waals surface area contributed by atoms with E-state index in [9.17, 15) is 9.59 Å². The van der Waals surface area contributed by atoms with Gasteiger partial charge in [0.2, 0.25) is 21.6 Å². The van der Waals surface area contributed by atoms with Crippen LogP contribution in [-0.2, 0) is 4.79 Å². The number of esters is 2. The standard InChI is InChI=1S/C35H31Cl3O6/c1-33(2,3)22-27(39)41-29-26-21-24(36)15-16-25(26)28(42-32(40)23-13-7-4-8-14-23)30(43-34(37)17-9-5-10-18-34)31(29)44-35(38)19-11-6-12-20-35/h4-17,19,21H,18,20,22H2,1-3H3. The topological polar surface area (TPSA) is 71.1 Å². The minimum atomic E-state index is -1.40. The molecule has 0 fully saturated rings. The number of ether oxygens (including phenoxy) is 4. The summed E-state index contributed by atoms with van der Waals surface area (Å²) in [5.41, 5.74) is -0.0703. The Kier molecular flexibility index (Phi) is 9.17. The van der Waals surface area contributed by atoms with E-state index in [4.69, 9.17) is 53.8 Å². The van der Waals surface area contributed by atoms with E-state index in [2.05, 4.69) is 0 Å². The molecule has 5 rings (SSSR count). The minimum absolute atomic E-state index is 0.00448. The molecule has 0 aliphatic heterocycles. The van der Waals surface area contributed by atoms with Crippen LogP contribution >= 0.6 is 34.8 Å². The number of benzene rings is 3. The van der Waals surface area contributed by atoms with Gasteiger partial charge in [0, 0.05) is 28.6 Å². The van der Waals surface area contributed by atoms with Gasteiger partial charge in [-0.3, -0.25) is 4.79 Å². The van der Waals surface area contributed by atoms with Crippen LogP contribution in [0.4, 0.5) is 0 Å². The van der Waals surface area contributed by atoms with Crippen LogP contribution in [0, 0.1) is 5.41 Å². The molecule has 3 aromatic carbocycles. The molecule has 0 spiro atoms. The molecule has 0 N–H and O–H groups in total. The largest absolute Gasteiger partial charge is 0.460 e. The zero-order chi connectivity index (χ0) is 31.5. The lowest BCUT2D eigenvalue weighted by molar-refractivity contribution is -0.136. The Labute approximate surface area is 271 Å². The molecule has 2 atom stereocenters. The third-order valence-corrected chi connectivity index (χ3v) is 7.65. The number of alkyl halides is 2. The molecule has 0 amide bonds. The highest BCUT2D eigenvalue weighted by Gasteiger charge is 2.38. The number of hydrogen-bond donors (Lipinski definition) is 0. The molecule has 2 aliphatic carbocycles. The highest BCUT2D eigenvalue weighted by Crippen LogP contribution is 2.55. The monoisotopic (exact) mass is 652 g/mol. The van der Waals surface area contributed by atoms with Crippen LogP contribution in [0.5, 0.6) is 23.0 Å². The van der Waals surface area contributed by atoms with Gasteiger partial charge >= 0.3 is 11.9 Å². The Hall–Kier alpha value is -3.71. The van der Waals surface area contributed by atoms with Gasteiger partial charge in [0.25, 0.3) is 0 Å². The number of carbonyl (C=O) groups is 2. The van der Waals surface area contributed by atoms with Crippen molar-refractivity contribution in [3.05, 3.63) is 108 Å². The van der Waals surface area contributed by atoms with Crippen molar-refractivity contribution in [2.45, 2.75) is 50.2 Å². The molecule has 6 nitrogen and oxygen atoms in total. The summed E-state index contributed by atoms with van der Waals surface area (Å²) >= 11 is 20.4. The van der Waals surface area contributed by atoms with Gasteiger partial charge in [0.15, 0.2) is 11.5 Å².